The Morgan fingerprint density at radius 3 is 3.07 bits per heavy atom. The SMILES string of the molecule is CSCCn1c(=S)[nH]c2ccc(Cl)cc21. The van der Waals surface area contributed by atoms with E-state index in [-0.39, 0.29) is 0 Å². The minimum atomic E-state index is 0.745. The van der Waals surface area contributed by atoms with E-state index in [0.717, 1.165) is 33.1 Å². The molecule has 0 aliphatic rings. The van der Waals surface area contributed by atoms with Gasteiger partial charge < -0.3 is 9.55 Å². The first-order valence-corrected chi connectivity index (χ1v) is 6.77. The van der Waals surface area contributed by atoms with Crippen LogP contribution in [-0.2, 0) is 6.54 Å². The molecule has 0 atom stereocenters. The summed E-state index contributed by atoms with van der Waals surface area (Å²) in [6, 6.07) is 5.78. The molecular weight excluding hydrogens is 248 g/mol. The quantitative estimate of drug-likeness (QED) is 0.847. The van der Waals surface area contributed by atoms with Gasteiger partial charge in [-0.3, -0.25) is 0 Å². The Hall–Kier alpha value is -0.450. The van der Waals surface area contributed by atoms with Gasteiger partial charge in [-0.15, -0.1) is 0 Å². The molecule has 1 aromatic carbocycles. The van der Waals surface area contributed by atoms with E-state index in [1.807, 2.05) is 30.0 Å². The number of aromatic nitrogens is 2. The molecule has 0 bridgehead atoms. The maximum Gasteiger partial charge on any atom is 0.178 e. The number of aryl methyl sites for hydroxylation is 1. The lowest BCUT2D eigenvalue weighted by atomic mass is 10.3. The van der Waals surface area contributed by atoms with Gasteiger partial charge in [-0.1, -0.05) is 11.6 Å². The van der Waals surface area contributed by atoms with Crippen molar-refractivity contribution in [1.82, 2.24) is 9.55 Å². The van der Waals surface area contributed by atoms with Gasteiger partial charge in [0.15, 0.2) is 4.77 Å². The third-order valence-corrected chi connectivity index (χ3v) is 3.40. The van der Waals surface area contributed by atoms with Crippen molar-refractivity contribution in [3.8, 4) is 0 Å². The number of imidazole rings is 1. The molecule has 0 unspecified atom stereocenters. The van der Waals surface area contributed by atoms with Crippen LogP contribution in [0.15, 0.2) is 18.2 Å². The Bertz CT molecular complexity index is 530. The number of hydrogen-bond acceptors (Lipinski definition) is 2. The number of benzene rings is 1. The van der Waals surface area contributed by atoms with Crippen molar-refractivity contribution in [3.63, 3.8) is 0 Å². The number of thioether (sulfide) groups is 1. The van der Waals surface area contributed by atoms with Crippen molar-refractivity contribution >= 4 is 46.6 Å². The second-order valence-corrected chi connectivity index (χ2v) is 5.04. The fraction of sp³-hybridized carbons (Fsp3) is 0.300. The van der Waals surface area contributed by atoms with E-state index in [1.165, 1.54) is 0 Å². The topological polar surface area (TPSA) is 20.7 Å². The molecule has 2 aromatic rings. The highest BCUT2D eigenvalue weighted by Gasteiger charge is 2.03. The summed E-state index contributed by atoms with van der Waals surface area (Å²) in [7, 11) is 0. The normalized spacial score (nSPS) is 11.1. The van der Waals surface area contributed by atoms with Crippen LogP contribution < -0.4 is 0 Å². The van der Waals surface area contributed by atoms with E-state index >= 15 is 0 Å². The van der Waals surface area contributed by atoms with Crippen LogP contribution in [-0.4, -0.2) is 21.6 Å². The van der Waals surface area contributed by atoms with Gasteiger partial charge in [0.1, 0.15) is 0 Å². The van der Waals surface area contributed by atoms with Crippen molar-refractivity contribution in [2.45, 2.75) is 6.54 Å². The molecule has 0 fully saturated rings. The molecule has 80 valence electrons. The fourth-order valence-corrected chi connectivity index (χ4v) is 2.36. The van der Waals surface area contributed by atoms with Gasteiger partial charge in [-0.25, -0.2) is 0 Å². The summed E-state index contributed by atoms with van der Waals surface area (Å²) in [4.78, 5) is 3.17. The Labute approximate surface area is 103 Å². The largest absolute Gasteiger partial charge is 0.331 e. The average molecular weight is 259 g/mol. The van der Waals surface area contributed by atoms with E-state index in [1.54, 1.807) is 0 Å². The van der Waals surface area contributed by atoms with Gasteiger partial charge in [-0.05, 0) is 36.7 Å². The molecule has 15 heavy (non-hydrogen) atoms. The minimum absolute atomic E-state index is 0.745. The minimum Gasteiger partial charge on any atom is -0.331 e. The van der Waals surface area contributed by atoms with Crippen LogP contribution in [0.1, 0.15) is 0 Å². The summed E-state index contributed by atoms with van der Waals surface area (Å²) in [6.45, 7) is 0.917. The molecule has 1 aromatic heterocycles. The van der Waals surface area contributed by atoms with Gasteiger partial charge in [0.25, 0.3) is 0 Å². The van der Waals surface area contributed by atoms with Crippen molar-refractivity contribution in [3.05, 3.63) is 28.0 Å². The van der Waals surface area contributed by atoms with Crippen LogP contribution in [0.2, 0.25) is 5.02 Å². The summed E-state index contributed by atoms with van der Waals surface area (Å²) in [6.07, 6.45) is 2.09. The molecule has 2 nitrogen and oxygen atoms in total. The first-order chi connectivity index (χ1) is 7.22. The van der Waals surface area contributed by atoms with E-state index in [0.29, 0.717) is 0 Å². The third-order valence-electron chi connectivity index (χ3n) is 2.26. The summed E-state index contributed by atoms with van der Waals surface area (Å²) in [5.74, 6) is 1.05. The zero-order valence-corrected chi connectivity index (χ0v) is 10.7. The second kappa shape index (κ2) is 4.60. The smallest absolute Gasteiger partial charge is 0.178 e. The highest BCUT2D eigenvalue weighted by atomic mass is 35.5. The van der Waals surface area contributed by atoms with Crippen molar-refractivity contribution in [1.29, 1.82) is 0 Å². The zero-order chi connectivity index (χ0) is 10.8. The molecule has 5 heteroatoms. The van der Waals surface area contributed by atoms with Gasteiger partial charge in [0.05, 0.1) is 11.0 Å². The number of hydrogen-bond donors (Lipinski definition) is 1. The first-order valence-electron chi connectivity index (χ1n) is 4.59. The molecule has 1 N–H and O–H groups in total. The molecule has 0 radical (unpaired) electrons. The number of aromatic amines is 1. The lowest BCUT2D eigenvalue weighted by molar-refractivity contribution is 0.784. The fourth-order valence-electron chi connectivity index (χ4n) is 1.53. The molecule has 0 saturated heterocycles. The van der Waals surface area contributed by atoms with Gasteiger partial charge in [-0.2, -0.15) is 11.8 Å². The van der Waals surface area contributed by atoms with Crippen LogP contribution in [0.5, 0.6) is 0 Å². The van der Waals surface area contributed by atoms with E-state index in [9.17, 15) is 0 Å². The maximum absolute atomic E-state index is 5.97. The molecular formula is C10H11ClN2S2. The van der Waals surface area contributed by atoms with Crippen LogP contribution >= 0.6 is 35.6 Å². The summed E-state index contributed by atoms with van der Waals surface area (Å²) >= 11 is 13.0. The zero-order valence-electron chi connectivity index (χ0n) is 8.29. The first kappa shape index (κ1) is 11.0. The highest BCUT2D eigenvalue weighted by Crippen LogP contribution is 2.19. The van der Waals surface area contributed by atoms with Crippen LogP contribution in [0.3, 0.4) is 0 Å². The summed E-state index contributed by atoms with van der Waals surface area (Å²) in [5.41, 5.74) is 2.13. The van der Waals surface area contributed by atoms with E-state index in [2.05, 4.69) is 15.8 Å². The molecule has 0 aliphatic heterocycles. The highest BCUT2D eigenvalue weighted by molar-refractivity contribution is 7.98. The summed E-state index contributed by atoms with van der Waals surface area (Å²) < 4.78 is 2.86. The lowest BCUT2D eigenvalue weighted by Gasteiger charge is -2.02. The van der Waals surface area contributed by atoms with Crippen molar-refractivity contribution in [2.75, 3.05) is 12.0 Å². The molecule has 1 heterocycles. The molecule has 0 spiro atoms. The number of fused-ring (bicyclic) bond motifs is 1. The van der Waals surface area contributed by atoms with E-state index in [4.69, 9.17) is 23.8 Å². The maximum atomic E-state index is 5.97. The molecule has 0 aliphatic carbocycles. The van der Waals surface area contributed by atoms with Crippen LogP contribution in [0.25, 0.3) is 11.0 Å². The molecule has 0 amide bonds. The average Bonchev–Trinajstić information content (AvgIpc) is 2.51. The van der Waals surface area contributed by atoms with Crippen molar-refractivity contribution < 1.29 is 0 Å². The van der Waals surface area contributed by atoms with Crippen LogP contribution in [0, 0.1) is 4.77 Å². The number of H-pyrrole nitrogens is 1. The van der Waals surface area contributed by atoms with Gasteiger partial charge >= 0.3 is 0 Å². The molecule has 2 rings (SSSR count). The third kappa shape index (κ3) is 2.22. The van der Waals surface area contributed by atoms with E-state index < -0.39 is 0 Å². The number of rotatable bonds is 3. The standard InChI is InChI=1S/C10H11ClN2S2/c1-15-5-4-13-9-6-7(11)2-3-8(9)12-10(13)14/h2-3,6H,4-5H2,1H3,(H,12,14). The number of halogens is 1. The molecule has 0 saturated carbocycles. The van der Waals surface area contributed by atoms with Crippen molar-refractivity contribution in [2.24, 2.45) is 0 Å². The predicted molar refractivity (Wildman–Crippen MR) is 70.5 cm³/mol. The summed E-state index contributed by atoms with van der Waals surface area (Å²) in [5, 5.41) is 0.745. The second-order valence-electron chi connectivity index (χ2n) is 3.24. The van der Waals surface area contributed by atoms with Crippen LogP contribution in [0.4, 0.5) is 0 Å². The number of nitrogens with one attached hydrogen (secondary N) is 1. The Balaban J connectivity index is 2.55. The predicted octanol–water partition coefficient (Wildman–Crippen LogP) is 3.72. The monoisotopic (exact) mass is 258 g/mol. The Morgan fingerprint density at radius 1 is 1.53 bits per heavy atom. The Kier molecular flexibility index (Phi) is 3.38. The Morgan fingerprint density at radius 2 is 2.33 bits per heavy atom. The van der Waals surface area contributed by atoms with Gasteiger partial charge in [0, 0.05) is 17.3 Å². The van der Waals surface area contributed by atoms with Gasteiger partial charge in [0.2, 0.25) is 0 Å². The lowest BCUT2D eigenvalue weighted by Crippen LogP contribution is -1.99. The number of nitrogens with zero attached hydrogens (tertiary/aromatic N) is 1.